The average Bonchev–Trinajstić information content (AvgIpc) is 2.38. The van der Waals surface area contributed by atoms with Gasteiger partial charge in [0.05, 0.1) is 9.95 Å². The summed E-state index contributed by atoms with van der Waals surface area (Å²) < 4.78 is 5.39. The molecular weight excluding hydrogens is 327 g/mol. The van der Waals surface area contributed by atoms with Crippen molar-refractivity contribution in [1.29, 1.82) is 0 Å². The number of hydrogen-bond donors (Lipinski definition) is 0. The molecule has 0 bridgehead atoms. The van der Waals surface area contributed by atoms with Crippen molar-refractivity contribution in [2.24, 2.45) is 0 Å². The summed E-state index contributed by atoms with van der Waals surface area (Å²) in [5, 5.41) is 11.8. The zero-order valence-electron chi connectivity index (χ0n) is 9.85. The summed E-state index contributed by atoms with van der Waals surface area (Å²) in [5.74, 6) is 0.102. The quantitative estimate of drug-likeness (QED) is 0.468. The van der Waals surface area contributed by atoms with Crippen molar-refractivity contribution < 1.29 is 9.66 Å². The normalized spacial score (nSPS) is 10.3. The lowest BCUT2D eigenvalue weighted by Crippen LogP contribution is -2.00. The maximum absolute atomic E-state index is 10.9. The van der Waals surface area contributed by atoms with Gasteiger partial charge in [-0.1, -0.05) is 34.8 Å². The van der Waals surface area contributed by atoms with Crippen LogP contribution in [0.5, 0.6) is 5.75 Å². The Bertz CT molecular complexity index is 664. The molecule has 2 rings (SSSR count). The molecule has 5 nitrogen and oxygen atoms in total. The molecule has 0 aliphatic carbocycles. The molecule has 104 valence electrons. The Hall–Kier alpha value is -1.56. The van der Waals surface area contributed by atoms with Crippen molar-refractivity contribution in [2.75, 3.05) is 0 Å². The Morgan fingerprint density at radius 3 is 2.65 bits per heavy atom. The first-order valence-corrected chi connectivity index (χ1v) is 6.47. The van der Waals surface area contributed by atoms with Crippen molar-refractivity contribution in [1.82, 2.24) is 4.98 Å². The van der Waals surface area contributed by atoms with Crippen LogP contribution < -0.4 is 4.74 Å². The van der Waals surface area contributed by atoms with Gasteiger partial charge in [0, 0.05) is 22.8 Å². The summed E-state index contributed by atoms with van der Waals surface area (Å²) in [7, 11) is 0. The molecule has 8 heteroatoms. The highest BCUT2D eigenvalue weighted by atomic mass is 35.5. The van der Waals surface area contributed by atoms with Crippen molar-refractivity contribution in [2.45, 2.75) is 6.61 Å². The number of halogens is 3. The summed E-state index contributed by atoms with van der Waals surface area (Å²) in [6.45, 7) is 0.0332. The van der Waals surface area contributed by atoms with Crippen LogP contribution in [0.4, 0.5) is 5.69 Å². The summed E-state index contributed by atoms with van der Waals surface area (Å²) in [6.07, 6.45) is 1.45. The molecule has 1 aromatic heterocycles. The number of rotatable bonds is 4. The van der Waals surface area contributed by atoms with Gasteiger partial charge in [0.15, 0.2) is 5.75 Å². The van der Waals surface area contributed by atoms with Gasteiger partial charge >= 0.3 is 5.69 Å². The first-order chi connectivity index (χ1) is 9.47. The maximum atomic E-state index is 10.9. The molecule has 1 heterocycles. The number of nitro groups is 1. The van der Waals surface area contributed by atoms with E-state index in [1.54, 1.807) is 0 Å². The van der Waals surface area contributed by atoms with Crippen LogP contribution in [0.15, 0.2) is 30.5 Å². The van der Waals surface area contributed by atoms with Crippen LogP contribution in [0.25, 0.3) is 0 Å². The number of pyridine rings is 1. The van der Waals surface area contributed by atoms with E-state index in [0.29, 0.717) is 10.6 Å². The zero-order chi connectivity index (χ0) is 14.7. The molecule has 0 saturated carbocycles. The lowest BCUT2D eigenvalue weighted by atomic mass is 10.3. The Labute approximate surface area is 129 Å². The molecule has 20 heavy (non-hydrogen) atoms. The number of aromatic nitrogens is 1. The minimum Gasteiger partial charge on any atom is -0.482 e. The lowest BCUT2D eigenvalue weighted by molar-refractivity contribution is -0.385. The fourth-order valence-corrected chi connectivity index (χ4v) is 2.04. The molecule has 0 fully saturated rings. The van der Waals surface area contributed by atoms with E-state index >= 15 is 0 Å². The second kappa shape index (κ2) is 6.26. The minimum absolute atomic E-state index is 0.0332. The first kappa shape index (κ1) is 14.8. The predicted molar refractivity (Wildman–Crippen MR) is 76.7 cm³/mol. The third-order valence-corrected chi connectivity index (χ3v) is 3.19. The fraction of sp³-hybridized carbons (Fsp3) is 0.0833. The topological polar surface area (TPSA) is 65.3 Å². The van der Waals surface area contributed by atoms with Crippen LogP contribution in [0.1, 0.15) is 5.56 Å². The number of hydrogen-bond acceptors (Lipinski definition) is 4. The zero-order valence-corrected chi connectivity index (χ0v) is 12.1. The van der Waals surface area contributed by atoms with E-state index in [1.165, 1.54) is 30.5 Å². The van der Waals surface area contributed by atoms with E-state index in [4.69, 9.17) is 39.5 Å². The largest absolute Gasteiger partial charge is 0.482 e. The molecule has 0 aliphatic rings. The fourth-order valence-electron chi connectivity index (χ4n) is 1.45. The van der Waals surface area contributed by atoms with Crippen LogP contribution in [0.2, 0.25) is 15.2 Å². The SMILES string of the molecule is O=[N+]([O-])c1cc(Cl)ccc1OCc1cnc(Cl)cc1Cl. The van der Waals surface area contributed by atoms with Gasteiger partial charge in [-0.05, 0) is 18.2 Å². The van der Waals surface area contributed by atoms with Gasteiger partial charge in [0.1, 0.15) is 11.8 Å². The smallest absolute Gasteiger partial charge is 0.312 e. The molecule has 2 aromatic rings. The first-order valence-electron chi connectivity index (χ1n) is 5.34. The summed E-state index contributed by atoms with van der Waals surface area (Å²) >= 11 is 17.4. The third kappa shape index (κ3) is 3.50. The van der Waals surface area contributed by atoms with Crippen molar-refractivity contribution in [3.05, 3.63) is 61.3 Å². The number of nitro benzene ring substituents is 1. The molecule has 0 N–H and O–H groups in total. The number of benzene rings is 1. The highest BCUT2D eigenvalue weighted by Crippen LogP contribution is 2.31. The monoisotopic (exact) mass is 332 g/mol. The summed E-state index contributed by atoms with van der Waals surface area (Å²) in [5.41, 5.74) is 0.357. The summed E-state index contributed by atoms with van der Waals surface area (Å²) in [4.78, 5) is 14.2. The van der Waals surface area contributed by atoms with E-state index in [2.05, 4.69) is 4.98 Å². The lowest BCUT2D eigenvalue weighted by Gasteiger charge is -2.08. The molecule has 0 unspecified atom stereocenters. The number of ether oxygens (including phenoxy) is 1. The Balaban J connectivity index is 2.20. The van der Waals surface area contributed by atoms with Gasteiger partial charge in [0.2, 0.25) is 0 Å². The van der Waals surface area contributed by atoms with Crippen molar-refractivity contribution >= 4 is 40.5 Å². The van der Waals surface area contributed by atoms with Crippen molar-refractivity contribution in [3.63, 3.8) is 0 Å². The van der Waals surface area contributed by atoms with Gasteiger partial charge in [-0.3, -0.25) is 10.1 Å². The van der Waals surface area contributed by atoms with Crippen LogP contribution in [0.3, 0.4) is 0 Å². The standard InChI is InChI=1S/C12H7Cl3N2O3/c13-8-1-2-11(10(3-8)17(18)19)20-6-7-5-16-12(15)4-9(7)14/h1-5H,6H2. The summed E-state index contributed by atoms with van der Waals surface area (Å²) in [6, 6.07) is 5.63. The second-order valence-electron chi connectivity index (χ2n) is 3.76. The van der Waals surface area contributed by atoms with Gasteiger partial charge in [-0.2, -0.15) is 0 Å². The Morgan fingerprint density at radius 1 is 1.25 bits per heavy atom. The van der Waals surface area contributed by atoms with E-state index in [9.17, 15) is 10.1 Å². The van der Waals surface area contributed by atoms with Crippen molar-refractivity contribution in [3.8, 4) is 5.75 Å². The van der Waals surface area contributed by atoms with Gasteiger partial charge in [0.25, 0.3) is 0 Å². The molecule has 0 spiro atoms. The Kier molecular flexibility index (Phi) is 4.65. The Morgan fingerprint density at radius 2 is 2.00 bits per heavy atom. The molecule has 0 atom stereocenters. The molecule has 0 saturated heterocycles. The average molecular weight is 334 g/mol. The van der Waals surface area contributed by atoms with Crippen LogP contribution in [-0.2, 0) is 6.61 Å². The highest BCUT2D eigenvalue weighted by molar-refractivity contribution is 6.34. The number of nitrogens with zero attached hydrogens (tertiary/aromatic N) is 2. The van der Waals surface area contributed by atoms with Crippen LogP contribution >= 0.6 is 34.8 Å². The molecule has 0 radical (unpaired) electrons. The van der Waals surface area contributed by atoms with Gasteiger partial charge in [-0.25, -0.2) is 4.98 Å². The van der Waals surface area contributed by atoms with Gasteiger partial charge in [-0.15, -0.1) is 0 Å². The second-order valence-corrected chi connectivity index (χ2v) is 4.99. The molecular formula is C12H7Cl3N2O3. The maximum Gasteiger partial charge on any atom is 0.312 e. The van der Waals surface area contributed by atoms with E-state index < -0.39 is 4.92 Å². The van der Waals surface area contributed by atoms with Crippen LogP contribution in [0, 0.1) is 10.1 Å². The third-order valence-electron chi connectivity index (χ3n) is 2.40. The van der Waals surface area contributed by atoms with E-state index in [0.717, 1.165) is 0 Å². The molecule has 1 aromatic carbocycles. The molecule has 0 amide bonds. The van der Waals surface area contributed by atoms with Crippen LogP contribution in [-0.4, -0.2) is 9.91 Å². The minimum atomic E-state index is -0.567. The molecule has 0 aliphatic heterocycles. The van der Waals surface area contributed by atoms with E-state index in [-0.39, 0.29) is 28.2 Å². The van der Waals surface area contributed by atoms with Gasteiger partial charge < -0.3 is 4.74 Å². The predicted octanol–water partition coefficient (Wildman–Crippen LogP) is 4.53. The highest BCUT2D eigenvalue weighted by Gasteiger charge is 2.16. The van der Waals surface area contributed by atoms with E-state index in [1.807, 2.05) is 0 Å².